The Hall–Kier alpha value is -2.96. The van der Waals surface area contributed by atoms with Gasteiger partial charge in [0.15, 0.2) is 0 Å². The van der Waals surface area contributed by atoms with E-state index < -0.39 is 0 Å². The zero-order valence-electron chi connectivity index (χ0n) is 15.3. The molecule has 1 atom stereocenters. The topological polar surface area (TPSA) is 74.9 Å². The smallest absolute Gasteiger partial charge is 0.270 e. The van der Waals surface area contributed by atoms with Crippen molar-refractivity contribution in [2.45, 2.75) is 6.42 Å². The van der Waals surface area contributed by atoms with E-state index in [1.54, 1.807) is 24.3 Å². The van der Waals surface area contributed by atoms with Crippen molar-refractivity contribution in [2.24, 2.45) is 5.92 Å². The second-order valence-corrected chi connectivity index (χ2v) is 6.89. The minimum Gasteiger partial charge on any atom is -0.497 e. The molecule has 0 bridgehead atoms. The van der Waals surface area contributed by atoms with Crippen molar-refractivity contribution in [1.82, 2.24) is 14.8 Å². The second kappa shape index (κ2) is 7.34. The minimum absolute atomic E-state index is 0.0176. The Morgan fingerprint density at radius 1 is 1.15 bits per heavy atom. The highest BCUT2D eigenvalue weighted by Gasteiger charge is 2.32. The monoisotopic (exact) mass is 369 g/mol. The Morgan fingerprint density at radius 2 is 1.93 bits per heavy atom. The van der Waals surface area contributed by atoms with Gasteiger partial charge in [-0.2, -0.15) is 0 Å². The van der Waals surface area contributed by atoms with Crippen LogP contribution in [0.15, 0.2) is 36.5 Å². The normalized spacial score (nSPS) is 19.2. The number of aromatic nitrogens is 1. The predicted molar refractivity (Wildman–Crippen MR) is 99.0 cm³/mol. The van der Waals surface area contributed by atoms with Crippen molar-refractivity contribution in [3.63, 3.8) is 0 Å². The molecule has 7 nitrogen and oxygen atoms in total. The molecule has 2 aliphatic rings. The lowest BCUT2D eigenvalue weighted by Gasteiger charge is -2.37. The van der Waals surface area contributed by atoms with Crippen molar-refractivity contribution < 1.29 is 19.1 Å². The molecule has 1 unspecified atom stereocenters. The van der Waals surface area contributed by atoms with Crippen LogP contribution in [0, 0.1) is 5.92 Å². The van der Waals surface area contributed by atoms with Crippen LogP contribution >= 0.6 is 0 Å². The van der Waals surface area contributed by atoms with E-state index in [-0.39, 0.29) is 17.7 Å². The van der Waals surface area contributed by atoms with Crippen LogP contribution in [-0.2, 0) is 11.2 Å². The first-order chi connectivity index (χ1) is 13.2. The molecule has 2 amide bonds. The average molecular weight is 369 g/mol. The lowest BCUT2D eigenvalue weighted by molar-refractivity contribution is -0.138. The molecule has 4 rings (SSSR count). The standard InChI is InChI=1S/C20H23N3O4/c1-26-16-5-4-14-11-15(13-27-18(14)12-16)19(24)22-7-9-23(10-8-22)20(25)17-3-2-6-21-17/h2-6,12,15,21H,7-11,13H2,1H3. The van der Waals surface area contributed by atoms with E-state index in [9.17, 15) is 9.59 Å². The number of nitrogens with one attached hydrogen (secondary N) is 1. The van der Waals surface area contributed by atoms with E-state index in [2.05, 4.69) is 4.98 Å². The molecule has 27 heavy (non-hydrogen) atoms. The zero-order valence-corrected chi connectivity index (χ0v) is 15.3. The average Bonchev–Trinajstić information content (AvgIpc) is 3.27. The maximum absolute atomic E-state index is 12.9. The predicted octanol–water partition coefficient (Wildman–Crippen LogP) is 1.56. The summed E-state index contributed by atoms with van der Waals surface area (Å²) in [6.07, 6.45) is 2.41. The first-order valence-electron chi connectivity index (χ1n) is 9.17. The molecule has 2 aromatic rings. The maximum atomic E-state index is 12.9. The van der Waals surface area contributed by atoms with Crippen molar-refractivity contribution in [1.29, 1.82) is 0 Å². The molecule has 3 heterocycles. The summed E-state index contributed by atoms with van der Waals surface area (Å²) in [5, 5.41) is 0. The molecular formula is C20H23N3O4. The van der Waals surface area contributed by atoms with Gasteiger partial charge >= 0.3 is 0 Å². The number of hydrogen-bond acceptors (Lipinski definition) is 4. The van der Waals surface area contributed by atoms with E-state index in [4.69, 9.17) is 9.47 Å². The Bertz CT molecular complexity index is 826. The fourth-order valence-electron chi connectivity index (χ4n) is 3.66. The number of benzene rings is 1. The molecule has 7 heteroatoms. The quantitative estimate of drug-likeness (QED) is 0.891. The Balaban J connectivity index is 1.35. The highest BCUT2D eigenvalue weighted by Crippen LogP contribution is 2.31. The summed E-state index contributed by atoms with van der Waals surface area (Å²) in [6, 6.07) is 9.29. The third-order valence-electron chi connectivity index (χ3n) is 5.24. The van der Waals surface area contributed by atoms with Crippen LogP contribution in [0.4, 0.5) is 0 Å². The van der Waals surface area contributed by atoms with Gasteiger partial charge in [-0.15, -0.1) is 0 Å². The van der Waals surface area contributed by atoms with Crippen molar-refractivity contribution in [2.75, 3.05) is 39.9 Å². The van der Waals surface area contributed by atoms with Gasteiger partial charge in [-0.05, 0) is 30.2 Å². The number of methoxy groups -OCH3 is 1. The van der Waals surface area contributed by atoms with Gasteiger partial charge in [0.25, 0.3) is 5.91 Å². The highest BCUT2D eigenvalue weighted by molar-refractivity contribution is 5.92. The molecule has 0 saturated carbocycles. The summed E-state index contributed by atoms with van der Waals surface area (Å²) in [6.45, 7) is 2.57. The van der Waals surface area contributed by atoms with Gasteiger partial charge in [-0.25, -0.2) is 0 Å². The Morgan fingerprint density at radius 3 is 2.63 bits per heavy atom. The maximum Gasteiger partial charge on any atom is 0.270 e. The molecule has 1 N–H and O–H groups in total. The van der Waals surface area contributed by atoms with Crippen LogP contribution in [0.3, 0.4) is 0 Å². The summed E-state index contributed by atoms with van der Waals surface area (Å²) in [5.74, 6) is 1.44. The van der Waals surface area contributed by atoms with E-state index in [1.165, 1.54) is 0 Å². The van der Waals surface area contributed by atoms with Gasteiger partial charge in [0.05, 0.1) is 13.0 Å². The van der Waals surface area contributed by atoms with Crippen LogP contribution < -0.4 is 9.47 Å². The number of nitrogens with zero attached hydrogens (tertiary/aromatic N) is 2. The molecule has 142 valence electrons. The van der Waals surface area contributed by atoms with Gasteiger partial charge in [0, 0.05) is 38.4 Å². The summed E-state index contributed by atoms with van der Waals surface area (Å²) in [7, 11) is 1.62. The minimum atomic E-state index is -0.184. The molecular weight excluding hydrogens is 346 g/mol. The fourth-order valence-corrected chi connectivity index (χ4v) is 3.66. The summed E-state index contributed by atoms with van der Waals surface area (Å²) < 4.78 is 11.0. The van der Waals surface area contributed by atoms with Crippen LogP contribution in [0.2, 0.25) is 0 Å². The molecule has 1 aromatic carbocycles. The Labute approximate surface area is 157 Å². The van der Waals surface area contributed by atoms with Gasteiger partial charge in [0.2, 0.25) is 5.91 Å². The molecule has 0 spiro atoms. The number of fused-ring (bicyclic) bond motifs is 1. The van der Waals surface area contributed by atoms with E-state index >= 15 is 0 Å². The largest absolute Gasteiger partial charge is 0.497 e. The van der Waals surface area contributed by atoms with Crippen LogP contribution in [0.5, 0.6) is 11.5 Å². The summed E-state index contributed by atoms with van der Waals surface area (Å²) >= 11 is 0. The van der Waals surface area contributed by atoms with Crippen molar-refractivity contribution >= 4 is 11.8 Å². The zero-order chi connectivity index (χ0) is 18.8. The summed E-state index contributed by atoms with van der Waals surface area (Å²) in [4.78, 5) is 31.9. The molecule has 1 fully saturated rings. The number of carbonyl (C=O) groups is 2. The Kier molecular flexibility index (Phi) is 4.75. The number of rotatable bonds is 3. The van der Waals surface area contributed by atoms with Gasteiger partial charge in [0.1, 0.15) is 23.8 Å². The molecule has 0 aliphatic carbocycles. The third kappa shape index (κ3) is 3.49. The SMILES string of the molecule is COc1ccc2c(c1)OCC(C(=O)N1CCN(C(=O)c3ccc[nH]3)CC1)C2. The molecule has 1 saturated heterocycles. The van der Waals surface area contributed by atoms with Crippen LogP contribution in [-0.4, -0.2) is 66.5 Å². The lowest BCUT2D eigenvalue weighted by atomic mass is 9.95. The third-order valence-corrected chi connectivity index (χ3v) is 5.24. The van der Waals surface area contributed by atoms with Crippen LogP contribution in [0.1, 0.15) is 16.1 Å². The van der Waals surface area contributed by atoms with Gasteiger partial charge < -0.3 is 24.3 Å². The number of ether oxygens (including phenoxy) is 2. The molecule has 2 aliphatic heterocycles. The van der Waals surface area contributed by atoms with E-state index in [1.807, 2.05) is 29.2 Å². The molecule has 1 aromatic heterocycles. The van der Waals surface area contributed by atoms with E-state index in [0.29, 0.717) is 44.9 Å². The highest BCUT2D eigenvalue weighted by atomic mass is 16.5. The fraction of sp³-hybridized carbons (Fsp3) is 0.400. The van der Waals surface area contributed by atoms with E-state index in [0.717, 1.165) is 17.1 Å². The van der Waals surface area contributed by atoms with Crippen LogP contribution in [0.25, 0.3) is 0 Å². The second-order valence-electron chi connectivity index (χ2n) is 6.89. The van der Waals surface area contributed by atoms with Crippen molar-refractivity contribution in [3.8, 4) is 11.5 Å². The number of aromatic amines is 1. The lowest BCUT2D eigenvalue weighted by Crippen LogP contribution is -2.53. The number of piperazine rings is 1. The van der Waals surface area contributed by atoms with Gasteiger partial charge in [-0.3, -0.25) is 9.59 Å². The summed E-state index contributed by atoms with van der Waals surface area (Å²) in [5.41, 5.74) is 1.61. The number of carbonyl (C=O) groups excluding carboxylic acids is 2. The van der Waals surface area contributed by atoms with Gasteiger partial charge in [-0.1, -0.05) is 6.07 Å². The number of hydrogen-bond donors (Lipinski definition) is 1. The first-order valence-corrected chi connectivity index (χ1v) is 9.17. The number of amides is 2. The number of H-pyrrole nitrogens is 1. The molecule has 0 radical (unpaired) electrons. The first kappa shape index (κ1) is 17.5. The van der Waals surface area contributed by atoms with Crippen molar-refractivity contribution in [3.05, 3.63) is 47.8 Å².